The number of para-hydroxylation sites is 1. The third-order valence-corrected chi connectivity index (χ3v) is 4.92. The molecule has 0 aliphatic rings. The lowest BCUT2D eigenvalue weighted by atomic mass is 9.98. The van der Waals surface area contributed by atoms with Gasteiger partial charge in [-0.25, -0.2) is 0 Å². The Kier molecular flexibility index (Phi) is 6.45. The van der Waals surface area contributed by atoms with E-state index in [-0.39, 0.29) is 11.9 Å². The smallest absolute Gasteiger partial charge is 0.279 e. The highest BCUT2D eigenvalue weighted by Crippen LogP contribution is 2.21. The van der Waals surface area contributed by atoms with Crippen molar-refractivity contribution in [1.82, 2.24) is 0 Å². The molecule has 1 amide bonds. The van der Waals surface area contributed by atoms with Crippen LogP contribution in [0.15, 0.2) is 72.8 Å². The fraction of sp³-hybridized carbons (Fsp3) is 0.208. The zero-order valence-corrected chi connectivity index (χ0v) is 16.6. The molecular formula is C24H27N2O2+. The predicted octanol–water partition coefficient (Wildman–Crippen LogP) is 3.60. The summed E-state index contributed by atoms with van der Waals surface area (Å²) in [4.78, 5) is 12.6. The first-order valence-electron chi connectivity index (χ1n) is 9.47. The molecule has 0 radical (unpaired) electrons. The van der Waals surface area contributed by atoms with E-state index in [1.807, 2.05) is 62.4 Å². The molecule has 1 atom stereocenters. The molecule has 0 heterocycles. The first-order chi connectivity index (χ1) is 13.6. The van der Waals surface area contributed by atoms with Gasteiger partial charge in [0.05, 0.1) is 7.11 Å². The molecule has 144 valence electrons. The molecule has 4 nitrogen and oxygen atoms in total. The number of methoxy groups -OCH3 is 1. The highest BCUT2D eigenvalue weighted by molar-refractivity contribution is 5.92. The van der Waals surface area contributed by atoms with Crippen molar-refractivity contribution in [3.05, 3.63) is 95.1 Å². The van der Waals surface area contributed by atoms with E-state index < -0.39 is 0 Å². The van der Waals surface area contributed by atoms with Gasteiger partial charge in [-0.15, -0.1) is 0 Å². The van der Waals surface area contributed by atoms with Gasteiger partial charge in [0.25, 0.3) is 5.91 Å². The van der Waals surface area contributed by atoms with E-state index in [1.165, 1.54) is 0 Å². The Balaban J connectivity index is 1.75. The lowest BCUT2D eigenvalue weighted by molar-refractivity contribution is -0.676. The molecule has 0 aliphatic heterocycles. The summed E-state index contributed by atoms with van der Waals surface area (Å²) < 4.78 is 5.27. The van der Waals surface area contributed by atoms with Gasteiger partial charge in [-0.3, -0.25) is 4.79 Å². The monoisotopic (exact) mass is 375 g/mol. The van der Waals surface area contributed by atoms with Crippen LogP contribution in [0, 0.1) is 13.8 Å². The molecule has 0 spiro atoms. The molecule has 4 heteroatoms. The van der Waals surface area contributed by atoms with E-state index in [0.29, 0.717) is 6.54 Å². The molecule has 0 unspecified atom stereocenters. The standard InChI is InChI=1S/C24H26N2O2/c1-17-8-7-9-18(2)23(17)26-22(27)16-25-24(19-10-5-4-6-11-19)20-12-14-21(28-3)15-13-20/h4-15,24-25H,16H2,1-3H3,(H,26,27)/p+1/t24-/m0/s1. The summed E-state index contributed by atoms with van der Waals surface area (Å²) in [5, 5.41) is 5.13. The van der Waals surface area contributed by atoms with Crippen molar-refractivity contribution in [3.8, 4) is 5.75 Å². The molecule has 0 bridgehead atoms. The van der Waals surface area contributed by atoms with Crippen LogP contribution in [0.25, 0.3) is 0 Å². The SMILES string of the molecule is COc1ccc([C@@H]([NH2+]CC(=O)Nc2c(C)cccc2C)c2ccccc2)cc1. The highest BCUT2D eigenvalue weighted by atomic mass is 16.5. The Labute approximate surface area is 166 Å². The third kappa shape index (κ3) is 4.78. The fourth-order valence-corrected chi connectivity index (χ4v) is 3.36. The summed E-state index contributed by atoms with van der Waals surface area (Å²) in [5.41, 5.74) is 5.34. The number of ether oxygens (including phenoxy) is 1. The van der Waals surface area contributed by atoms with Crippen molar-refractivity contribution in [1.29, 1.82) is 0 Å². The van der Waals surface area contributed by atoms with Crippen LogP contribution in [-0.4, -0.2) is 19.6 Å². The Hall–Kier alpha value is -3.11. The average Bonchev–Trinajstić information content (AvgIpc) is 2.72. The van der Waals surface area contributed by atoms with Gasteiger partial charge in [0.1, 0.15) is 11.8 Å². The van der Waals surface area contributed by atoms with Gasteiger partial charge < -0.3 is 15.4 Å². The number of benzene rings is 3. The van der Waals surface area contributed by atoms with Gasteiger partial charge in [0.2, 0.25) is 0 Å². The normalized spacial score (nSPS) is 11.7. The first-order valence-corrected chi connectivity index (χ1v) is 9.47. The number of anilines is 1. The molecule has 0 fully saturated rings. The van der Waals surface area contributed by atoms with Gasteiger partial charge in [0.15, 0.2) is 6.54 Å². The van der Waals surface area contributed by atoms with E-state index in [0.717, 1.165) is 33.7 Å². The van der Waals surface area contributed by atoms with Crippen LogP contribution in [0.4, 0.5) is 5.69 Å². The van der Waals surface area contributed by atoms with Crippen LogP contribution in [-0.2, 0) is 4.79 Å². The third-order valence-electron chi connectivity index (χ3n) is 4.92. The van der Waals surface area contributed by atoms with E-state index in [4.69, 9.17) is 4.74 Å². The predicted molar refractivity (Wildman–Crippen MR) is 113 cm³/mol. The van der Waals surface area contributed by atoms with Crippen LogP contribution < -0.4 is 15.4 Å². The molecule has 3 aromatic rings. The van der Waals surface area contributed by atoms with Crippen LogP contribution in [0.5, 0.6) is 5.75 Å². The van der Waals surface area contributed by atoms with E-state index in [9.17, 15) is 4.79 Å². The van der Waals surface area contributed by atoms with E-state index in [1.54, 1.807) is 7.11 Å². The minimum Gasteiger partial charge on any atom is -0.497 e. The topological polar surface area (TPSA) is 54.9 Å². The lowest BCUT2D eigenvalue weighted by Crippen LogP contribution is -2.87. The van der Waals surface area contributed by atoms with Crippen molar-refractivity contribution < 1.29 is 14.8 Å². The number of hydrogen-bond acceptors (Lipinski definition) is 2. The highest BCUT2D eigenvalue weighted by Gasteiger charge is 2.19. The number of aryl methyl sites for hydroxylation is 2. The summed E-state index contributed by atoms with van der Waals surface area (Å²) in [6.07, 6.45) is 0. The van der Waals surface area contributed by atoms with Gasteiger partial charge >= 0.3 is 0 Å². The lowest BCUT2D eigenvalue weighted by Gasteiger charge is -2.17. The maximum absolute atomic E-state index is 12.6. The Morgan fingerprint density at radius 3 is 2.11 bits per heavy atom. The number of nitrogens with one attached hydrogen (secondary N) is 1. The van der Waals surface area contributed by atoms with Crippen molar-refractivity contribution >= 4 is 11.6 Å². The van der Waals surface area contributed by atoms with Crippen molar-refractivity contribution in [2.24, 2.45) is 0 Å². The number of amides is 1. The average molecular weight is 375 g/mol. The Morgan fingerprint density at radius 2 is 1.50 bits per heavy atom. The van der Waals surface area contributed by atoms with E-state index >= 15 is 0 Å². The molecule has 0 aromatic heterocycles. The van der Waals surface area contributed by atoms with Crippen LogP contribution >= 0.6 is 0 Å². The van der Waals surface area contributed by atoms with Crippen LogP contribution in [0.1, 0.15) is 28.3 Å². The summed E-state index contributed by atoms with van der Waals surface area (Å²) >= 11 is 0. The second kappa shape index (κ2) is 9.20. The minimum atomic E-state index is -0.00755. The molecule has 3 rings (SSSR count). The van der Waals surface area contributed by atoms with Gasteiger partial charge in [-0.1, -0.05) is 48.5 Å². The molecule has 0 saturated carbocycles. The number of carbonyl (C=O) groups is 1. The molecule has 0 aliphatic carbocycles. The Bertz CT molecular complexity index is 901. The summed E-state index contributed by atoms with van der Waals surface area (Å²) in [5.74, 6) is 0.815. The number of rotatable bonds is 7. The minimum absolute atomic E-state index is 0.00755. The zero-order valence-electron chi connectivity index (χ0n) is 16.6. The number of quaternary nitrogens is 1. The number of hydrogen-bond donors (Lipinski definition) is 2. The quantitative estimate of drug-likeness (QED) is 0.663. The maximum Gasteiger partial charge on any atom is 0.279 e. The number of nitrogens with two attached hydrogens (primary N) is 1. The van der Waals surface area contributed by atoms with Crippen molar-refractivity contribution in [2.45, 2.75) is 19.9 Å². The molecule has 28 heavy (non-hydrogen) atoms. The first kappa shape index (κ1) is 19.6. The molecule has 3 N–H and O–H groups in total. The second-order valence-electron chi connectivity index (χ2n) is 6.92. The molecular weight excluding hydrogens is 348 g/mol. The largest absolute Gasteiger partial charge is 0.497 e. The van der Waals surface area contributed by atoms with Crippen molar-refractivity contribution in [2.75, 3.05) is 19.0 Å². The number of carbonyl (C=O) groups excluding carboxylic acids is 1. The Morgan fingerprint density at radius 1 is 0.893 bits per heavy atom. The summed E-state index contributed by atoms with van der Waals surface area (Å²) in [6, 6.07) is 24.3. The van der Waals surface area contributed by atoms with E-state index in [2.05, 4.69) is 34.9 Å². The summed E-state index contributed by atoms with van der Waals surface area (Å²) in [7, 11) is 1.66. The van der Waals surface area contributed by atoms with Crippen LogP contribution in [0.3, 0.4) is 0 Å². The molecule has 3 aromatic carbocycles. The van der Waals surface area contributed by atoms with Crippen molar-refractivity contribution in [3.63, 3.8) is 0 Å². The zero-order chi connectivity index (χ0) is 19.9. The maximum atomic E-state index is 12.6. The molecule has 0 saturated heterocycles. The van der Waals surface area contributed by atoms with Crippen LogP contribution in [0.2, 0.25) is 0 Å². The second-order valence-corrected chi connectivity index (χ2v) is 6.92. The van der Waals surface area contributed by atoms with Gasteiger partial charge in [-0.2, -0.15) is 0 Å². The van der Waals surface area contributed by atoms with Gasteiger partial charge in [0, 0.05) is 16.8 Å². The summed E-state index contributed by atoms with van der Waals surface area (Å²) in [6.45, 7) is 4.35. The fourth-order valence-electron chi connectivity index (χ4n) is 3.36. The van der Waals surface area contributed by atoms with Gasteiger partial charge in [-0.05, 0) is 49.2 Å².